The number of anilines is 1. The number of ether oxygens (including phenoxy) is 1. The topological polar surface area (TPSA) is 71.4 Å². The minimum absolute atomic E-state index is 0. The fourth-order valence-corrected chi connectivity index (χ4v) is 3.10. The van der Waals surface area contributed by atoms with E-state index in [2.05, 4.69) is 38.9 Å². The second-order valence-corrected chi connectivity index (χ2v) is 6.16. The third-order valence-electron chi connectivity index (χ3n) is 4.64. The van der Waals surface area contributed by atoms with Crippen LogP contribution in [0, 0.1) is 0 Å². The molecule has 0 bridgehead atoms. The predicted molar refractivity (Wildman–Crippen MR) is 113 cm³/mol. The zero-order chi connectivity index (χ0) is 17.6. The summed E-state index contributed by atoms with van der Waals surface area (Å²) >= 11 is 0. The number of nitrogens with zero attached hydrogens (tertiary/aromatic N) is 3. The van der Waals surface area contributed by atoms with Crippen LogP contribution in [0.2, 0.25) is 0 Å². The summed E-state index contributed by atoms with van der Waals surface area (Å²) < 4.78 is 7.62. The fourth-order valence-electron chi connectivity index (χ4n) is 3.10. The number of likely N-dealkylation sites (N-methyl/N-ethyl adjacent to an activating group) is 1. The smallest absolute Gasteiger partial charge is 0.257 e. The van der Waals surface area contributed by atoms with Gasteiger partial charge in [0, 0.05) is 26.2 Å². The van der Waals surface area contributed by atoms with E-state index in [0.29, 0.717) is 19.1 Å². The van der Waals surface area contributed by atoms with Gasteiger partial charge in [0.15, 0.2) is 0 Å². The van der Waals surface area contributed by atoms with Crippen molar-refractivity contribution in [2.75, 3.05) is 44.6 Å². The highest BCUT2D eigenvalue weighted by atomic mass is 35.5. The monoisotopic (exact) mass is 417 g/mol. The molecular formula is C18H29Cl2N5O2. The van der Waals surface area contributed by atoms with Crippen molar-refractivity contribution < 1.29 is 9.53 Å². The fraction of sp³-hybridized carbons (Fsp3) is 0.556. The Kier molecular flexibility index (Phi) is 10.0. The van der Waals surface area contributed by atoms with Gasteiger partial charge in [0.2, 0.25) is 5.95 Å². The normalized spacial score (nSPS) is 16.6. The highest BCUT2D eigenvalue weighted by Gasteiger charge is 2.23. The number of carbonyl (C=O) groups is 1. The average Bonchev–Trinajstić information content (AvgIpc) is 3.00. The summed E-state index contributed by atoms with van der Waals surface area (Å²) in [5.74, 6) is 0.444. The number of imidazole rings is 1. The lowest BCUT2D eigenvalue weighted by molar-refractivity contribution is -0.128. The summed E-state index contributed by atoms with van der Waals surface area (Å²) in [6.45, 7) is 9.89. The summed E-state index contributed by atoms with van der Waals surface area (Å²) in [6.07, 6.45) is -0.468. The molecule has 1 unspecified atom stereocenters. The number of benzene rings is 1. The highest BCUT2D eigenvalue weighted by Crippen LogP contribution is 2.20. The lowest BCUT2D eigenvalue weighted by atomic mass is 10.3. The van der Waals surface area contributed by atoms with Crippen LogP contribution >= 0.6 is 24.8 Å². The number of amides is 1. The summed E-state index contributed by atoms with van der Waals surface area (Å²) in [6, 6.07) is 7.97. The van der Waals surface area contributed by atoms with Gasteiger partial charge in [0.25, 0.3) is 5.91 Å². The predicted octanol–water partition coefficient (Wildman–Crippen LogP) is 2.15. The van der Waals surface area contributed by atoms with Crippen LogP contribution in [0.25, 0.3) is 11.0 Å². The van der Waals surface area contributed by atoms with Crippen molar-refractivity contribution in [3.63, 3.8) is 0 Å². The number of halogens is 2. The summed E-state index contributed by atoms with van der Waals surface area (Å²) in [5.41, 5.74) is 1.92. The minimum atomic E-state index is -0.468. The molecule has 7 nitrogen and oxygen atoms in total. The Bertz CT molecular complexity index is 715. The van der Waals surface area contributed by atoms with Crippen LogP contribution in [-0.2, 0) is 16.1 Å². The Morgan fingerprint density at radius 1 is 1.33 bits per heavy atom. The van der Waals surface area contributed by atoms with Crippen LogP contribution in [0.5, 0.6) is 0 Å². The van der Waals surface area contributed by atoms with Crippen molar-refractivity contribution in [2.24, 2.45) is 0 Å². The lowest BCUT2D eigenvalue weighted by Crippen LogP contribution is -2.45. The molecule has 1 aromatic heterocycles. The van der Waals surface area contributed by atoms with Gasteiger partial charge in [-0.05, 0) is 25.2 Å². The van der Waals surface area contributed by atoms with E-state index in [-0.39, 0.29) is 30.7 Å². The number of aromatic nitrogens is 2. The molecule has 0 spiro atoms. The molecule has 1 amide bonds. The van der Waals surface area contributed by atoms with E-state index in [9.17, 15) is 4.79 Å². The third kappa shape index (κ3) is 5.80. The Morgan fingerprint density at radius 3 is 2.74 bits per heavy atom. The van der Waals surface area contributed by atoms with Gasteiger partial charge >= 0.3 is 0 Å². The molecule has 1 aromatic carbocycles. The standard InChI is InChI=1S/C18H27N5O2.2ClH/c1-3-22(4-2)10-11-23-15-8-6-5-7-14(15)20-18(23)21-17(24)16-13-19-9-12-25-16;;/h5-8,16,19H,3-4,9-13H2,1-2H3,(H,20,21,24);2*1H. The molecule has 0 saturated carbocycles. The van der Waals surface area contributed by atoms with Crippen LogP contribution in [-0.4, -0.2) is 65.8 Å². The van der Waals surface area contributed by atoms with E-state index in [0.717, 1.165) is 43.8 Å². The number of nitrogens with one attached hydrogen (secondary N) is 2. The number of fused-ring (bicyclic) bond motifs is 1. The Morgan fingerprint density at radius 2 is 2.07 bits per heavy atom. The van der Waals surface area contributed by atoms with Gasteiger partial charge in [-0.15, -0.1) is 24.8 Å². The Labute approximate surface area is 172 Å². The van der Waals surface area contributed by atoms with Crippen molar-refractivity contribution in [3.05, 3.63) is 24.3 Å². The molecule has 1 aliphatic rings. The average molecular weight is 418 g/mol. The molecule has 152 valence electrons. The molecule has 27 heavy (non-hydrogen) atoms. The second kappa shape index (κ2) is 11.5. The SMILES string of the molecule is CCN(CC)CCn1c(NC(=O)C2CNCCO2)nc2ccccc21.Cl.Cl. The first-order valence-electron chi connectivity index (χ1n) is 9.03. The van der Waals surface area contributed by atoms with Gasteiger partial charge in [-0.3, -0.25) is 10.1 Å². The van der Waals surface area contributed by atoms with Gasteiger partial charge < -0.3 is 19.5 Å². The van der Waals surface area contributed by atoms with Crippen molar-refractivity contribution in [2.45, 2.75) is 26.5 Å². The molecular weight excluding hydrogens is 389 g/mol. The Hall–Kier alpha value is -1.38. The van der Waals surface area contributed by atoms with Gasteiger partial charge in [-0.2, -0.15) is 0 Å². The number of hydrogen-bond acceptors (Lipinski definition) is 5. The molecule has 1 atom stereocenters. The van der Waals surface area contributed by atoms with Crippen LogP contribution < -0.4 is 10.6 Å². The van der Waals surface area contributed by atoms with E-state index in [4.69, 9.17) is 4.74 Å². The molecule has 0 radical (unpaired) electrons. The van der Waals surface area contributed by atoms with Crippen LogP contribution in [0.4, 0.5) is 5.95 Å². The molecule has 3 rings (SSSR count). The Balaban J connectivity index is 0.00000182. The molecule has 2 heterocycles. The van der Waals surface area contributed by atoms with E-state index in [1.807, 2.05) is 24.3 Å². The summed E-state index contributed by atoms with van der Waals surface area (Å²) in [4.78, 5) is 19.5. The number of morpholine rings is 1. The first kappa shape index (κ1) is 23.7. The summed E-state index contributed by atoms with van der Waals surface area (Å²) in [5, 5.41) is 6.14. The molecule has 2 aromatic rings. The van der Waals surface area contributed by atoms with Crippen molar-refractivity contribution in [1.82, 2.24) is 19.8 Å². The van der Waals surface area contributed by atoms with Gasteiger partial charge in [-0.1, -0.05) is 26.0 Å². The molecule has 0 aliphatic carbocycles. The number of hydrogen-bond donors (Lipinski definition) is 2. The number of carbonyl (C=O) groups excluding carboxylic acids is 1. The number of para-hydroxylation sites is 2. The van der Waals surface area contributed by atoms with Crippen molar-refractivity contribution in [1.29, 1.82) is 0 Å². The highest BCUT2D eigenvalue weighted by molar-refractivity contribution is 5.94. The molecule has 1 saturated heterocycles. The largest absolute Gasteiger partial charge is 0.366 e. The van der Waals surface area contributed by atoms with E-state index in [1.165, 1.54) is 0 Å². The number of rotatable bonds is 7. The van der Waals surface area contributed by atoms with E-state index < -0.39 is 6.10 Å². The van der Waals surface area contributed by atoms with E-state index >= 15 is 0 Å². The van der Waals surface area contributed by atoms with Gasteiger partial charge in [0.1, 0.15) is 6.10 Å². The maximum atomic E-state index is 12.5. The first-order valence-corrected chi connectivity index (χ1v) is 9.03. The molecule has 1 aliphatic heterocycles. The third-order valence-corrected chi connectivity index (χ3v) is 4.64. The van der Waals surface area contributed by atoms with Crippen molar-refractivity contribution in [3.8, 4) is 0 Å². The first-order chi connectivity index (χ1) is 12.2. The quantitative estimate of drug-likeness (QED) is 0.721. The summed E-state index contributed by atoms with van der Waals surface area (Å²) in [7, 11) is 0. The zero-order valence-electron chi connectivity index (χ0n) is 15.8. The lowest BCUT2D eigenvalue weighted by Gasteiger charge is -2.23. The molecule has 1 fully saturated rings. The second-order valence-electron chi connectivity index (χ2n) is 6.16. The van der Waals surface area contributed by atoms with Gasteiger partial charge in [-0.25, -0.2) is 4.98 Å². The van der Waals surface area contributed by atoms with Crippen molar-refractivity contribution >= 4 is 47.7 Å². The van der Waals surface area contributed by atoms with Gasteiger partial charge in [0.05, 0.1) is 17.6 Å². The molecule has 9 heteroatoms. The van der Waals surface area contributed by atoms with Crippen LogP contribution in [0.3, 0.4) is 0 Å². The van der Waals surface area contributed by atoms with E-state index in [1.54, 1.807) is 0 Å². The van der Waals surface area contributed by atoms with Crippen LogP contribution in [0.1, 0.15) is 13.8 Å². The maximum Gasteiger partial charge on any atom is 0.257 e. The maximum absolute atomic E-state index is 12.5. The minimum Gasteiger partial charge on any atom is -0.366 e. The molecule has 2 N–H and O–H groups in total. The van der Waals surface area contributed by atoms with Crippen LogP contribution in [0.15, 0.2) is 24.3 Å². The zero-order valence-corrected chi connectivity index (χ0v) is 17.4.